The van der Waals surface area contributed by atoms with Crippen LogP contribution in [0.15, 0.2) is 24.0 Å². The van der Waals surface area contributed by atoms with Crippen LogP contribution >= 0.6 is 0 Å². The van der Waals surface area contributed by atoms with Crippen molar-refractivity contribution in [3.05, 3.63) is 24.0 Å². The van der Waals surface area contributed by atoms with Crippen molar-refractivity contribution in [1.29, 1.82) is 0 Å². The van der Waals surface area contributed by atoms with Crippen molar-refractivity contribution in [3.8, 4) is 0 Å². The summed E-state index contributed by atoms with van der Waals surface area (Å²) in [5.74, 6) is 0.688. The highest BCUT2D eigenvalue weighted by molar-refractivity contribution is 5.23. The molecule has 0 aromatic carbocycles. The highest BCUT2D eigenvalue weighted by atomic mass is 16.5. The van der Waals surface area contributed by atoms with Gasteiger partial charge in [0.1, 0.15) is 5.76 Å². The van der Waals surface area contributed by atoms with Crippen LogP contribution in [-0.4, -0.2) is 13.2 Å². The van der Waals surface area contributed by atoms with Crippen LogP contribution in [0.25, 0.3) is 0 Å². The lowest BCUT2D eigenvalue weighted by Crippen LogP contribution is -2.06. The molecule has 0 fully saturated rings. The SMILES string of the molecule is C=C(OCC)/C(=C\C)CN. The molecule has 0 bridgehead atoms. The Kier molecular flexibility index (Phi) is 4.67. The normalized spacial score (nSPS) is 11.3. The van der Waals surface area contributed by atoms with Gasteiger partial charge in [-0.15, -0.1) is 0 Å². The van der Waals surface area contributed by atoms with Gasteiger partial charge in [0.25, 0.3) is 0 Å². The average molecular weight is 141 g/mol. The highest BCUT2D eigenvalue weighted by Crippen LogP contribution is 2.06. The summed E-state index contributed by atoms with van der Waals surface area (Å²) in [4.78, 5) is 0. The van der Waals surface area contributed by atoms with Crippen LogP contribution in [-0.2, 0) is 4.74 Å². The van der Waals surface area contributed by atoms with Crippen LogP contribution in [0, 0.1) is 0 Å². The first-order valence-corrected chi connectivity index (χ1v) is 3.43. The maximum absolute atomic E-state index is 5.41. The minimum absolute atomic E-state index is 0.495. The zero-order valence-corrected chi connectivity index (χ0v) is 6.68. The second-order valence-corrected chi connectivity index (χ2v) is 1.87. The molecule has 0 saturated heterocycles. The molecule has 0 amide bonds. The standard InChI is InChI=1S/C8H15NO/c1-4-8(6-9)7(3)10-5-2/h4H,3,5-6,9H2,1-2H3/b8-4-. The van der Waals surface area contributed by atoms with E-state index in [0.717, 1.165) is 5.57 Å². The van der Waals surface area contributed by atoms with Crippen LogP contribution in [0.2, 0.25) is 0 Å². The van der Waals surface area contributed by atoms with Crippen LogP contribution in [0.5, 0.6) is 0 Å². The first-order chi connectivity index (χ1) is 4.76. The fraction of sp³-hybridized carbons (Fsp3) is 0.500. The summed E-state index contributed by atoms with van der Waals surface area (Å²) in [6.07, 6.45) is 1.91. The van der Waals surface area contributed by atoms with Gasteiger partial charge in [-0.3, -0.25) is 0 Å². The van der Waals surface area contributed by atoms with E-state index in [1.165, 1.54) is 0 Å². The average Bonchev–Trinajstić information content (AvgIpc) is 1.91. The van der Waals surface area contributed by atoms with E-state index < -0.39 is 0 Å². The lowest BCUT2D eigenvalue weighted by atomic mass is 10.2. The molecular weight excluding hydrogens is 126 g/mol. The smallest absolute Gasteiger partial charge is 0.116 e. The molecule has 10 heavy (non-hydrogen) atoms. The van der Waals surface area contributed by atoms with Crippen molar-refractivity contribution >= 4 is 0 Å². The molecular formula is C8H15NO. The zero-order chi connectivity index (χ0) is 7.98. The van der Waals surface area contributed by atoms with E-state index in [0.29, 0.717) is 18.9 Å². The molecule has 0 rings (SSSR count). The van der Waals surface area contributed by atoms with Gasteiger partial charge in [0.15, 0.2) is 0 Å². The Balaban J connectivity index is 3.91. The maximum atomic E-state index is 5.41. The van der Waals surface area contributed by atoms with Gasteiger partial charge in [-0.2, -0.15) is 0 Å². The Hall–Kier alpha value is -0.760. The fourth-order valence-corrected chi connectivity index (χ4v) is 0.660. The van der Waals surface area contributed by atoms with Gasteiger partial charge in [0, 0.05) is 12.1 Å². The maximum Gasteiger partial charge on any atom is 0.116 e. The second-order valence-electron chi connectivity index (χ2n) is 1.87. The summed E-state index contributed by atoms with van der Waals surface area (Å²) >= 11 is 0. The van der Waals surface area contributed by atoms with Crippen LogP contribution in [0.4, 0.5) is 0 Å². The summed E-state index contributed by atoms with van der Waals surface area (Å²) in [5.41, 5.74) is 6.38. The Morgan fingerprint density at radius 2 is 2.30 bits per heavy atom. The van der Waals surface area contributed by atoms with Crippen LogP contribution in [0.3, 0.4) is 0 Å². The largest absolute Gasteiger partial charge is 0.494 e. The number of nitrogens with two attached hydrogens (primary N) is 1. The van der Waals surface area contributed by atoms with E-state index in [4.69, 9.17) is 10.5 Å². The molecule has 0 spiro atoms. The molecule has 0 saturated carbocycles. The minimum Gasteiger partial charge on any atom is -0.494 e. The third-order valence-electron chi connectivity index (χ3n) is 1.25. The molecule has 0 aliphatic rings. The summed E-state index contributed by atoms with van der Waals surface area (Å²) in [5, 5.41) is 0. The second kappa shape index (κ2) is 5.06. The molecule has 2 nitrogen and oxygen atoms in total. The Morgan fingerprint density at radius 1 is 1.70 bits per heavy atom. The van der Waals surface area contributed by atoms with Crippen molar-refractivity contribution in [3.63, 3.8) is 0 Å². The van der Waals surface area contributed by atoms with Gasteiger partial charge in [-0.25, -0.2) is 0 Å². The van der Waals surface area contributed by atoms with Gasteiger partial charge < -0.3 is 10.5 Å². The molecule has 0 aromatic rings. The lowest BCUT2D eigenvalue weighted by Gasteiger charge is -2.07. The van der Waals surface area contributed by atoms with Crippen molar-refractivity contribution < 1.29 is 4.74 Å². The molecule has 58 valence electrons. The first-order valence-electron chi connectivity index (χ1n) is 3.43. The predicted octanol–water partition coefficient (Wildman–Crippen LogP) is 1.44. The van der Waals surface area contributed by atoms with Gasteiger partial charge in [-0.05, 0) is 13.8 Å². The van der Waals surface area contributed by atoms with Gasteiger partial charge in [-0.1, -0.05) is 12.7 Å². The predicted molar refractivity (Wildman–Crippen MR) is 43.6 cm³/mol. The lowest BCUT2D eigenvalue weighted by molar-refractivity contribution is 0.238. The van der Waals surface area contributed by atoms with E-state index in [1.807, 2.05) is 19.9 Å². The third kappa shape index (κ3) is 2.69. The summed E-state index contributed by atoms with van der Waals surface area (Å²) in [6.45, 7) is 8.71. The number of ether oxygens (including phenoxy) is 1. The number of hydrogen-bond donors (Lipinski definition) is 1. The van der Waals surface area contributed by atoms with E-state index >= 15 is 0 Å². The minimum atomic E-state index is 0.495. The van der Waals surface area contributed by atoms with Gasteiger partial charge >= 0.3 is 0 Å². The zero-order valence-electron chi connectivity index (χ0n) is 6.68. The summed E-state index contributed by atoms with van der Waals surface area (Å²) in [6, 6.07) is 0. The van der Waals surface area contributed by atoms with Crippen molar-refractivity contribution in [2.45, 2.75) is 13.8 Å². The number of hydrogen-bond acceptors (Lipinski definition) is 2. The molecule has 0 aliphatic heterocycles. The topological polar surface area (TPSA) is 35.2 Å². The van der Waals surface area contributed by atoms with Crippen molar-refractivity contribution in [1.82, 2.24) is 0 Å². The van der Waals surface area contributed by atoms with E-state index in [2.05, 4.69) is 6.58 Å². The van der Waals surface area contributed by atoms with E-state index in [1.54, 1.807) is 0 Å². The Labute approximate surface area is 62.4 Å². The summed E-state index contributed by atoms with van der Waals surface area (Å²) < 4.78 is 5.14. The number of rotatable bonds is 4. The molecule has 0 aliphatic carbocycles. The summed E-state index contributed by atoms with van der Waals surface area (Å²) in [7, 11) is 0. The van der Waals surface area contributed by atoms with Crippen molar-refractivity contribution in [2.75, 3.05) is 13.2 Å². The Morgan fingerprint density at radius 3 is 2.60 bits per heavy atom. The first kappa shape index (κ1) is 9.24. The monoisotopic (exact) mass is 141 g/mol. The molecule has 2 heteroatoms. The van der Waals surface area contributed by atoms with Gasteiger partial charge in [0.05, 0.1) is 6.61 Å². The highest BCUT2D eigenvalue weighted by Gasteiger charge is 1.97. The van der Waals surface area contributed by atoms with Crippen molar-refractivity contribution in [2.24, 2.45) is 5.73 Å². The molecule has 0 heterocycles. The molecule has 0 atom stereocenters. The third-order valence-corrected chi connectivity index (χ3v) is 1.25. The molecule has 0 radical (unpaired) electrons. The van der Waals surface area contributed by atoms with Crippen LogP contribution < -0.4 is 5.73 Å². The molecule has 2 N–H and O–H groups in total. The van der Waals surface area contributed by atoms with E-state index in [9.17, 15) is 0 Å². The van der Waals surface area contributed by atoms with Crippen LogP contribution in [0.1, 0.15) is 13.8 Å². The fourth-order valence-electron chi connectivity index (χ4n) is 0.660. The Bertz CT molecular complexity index is 138. The molecule has 0 unspecified atom stereocenters. The quantitative estimate of drug-likeness (QED) is 0.475. The number of allylic oxidation sites excluding steroid dienone is 1. The molecule has 0 aromatic heterocycles. The van der Waals surface area contributed by atoms with Gasteiger partial charge in [0.2, 0.25) is 0 Å². The van der Waals surface area contributed by atoms with E-state index in [-0.39, 0.29) is 0 Å².